The van der Waals surface area contributed by atoms with E-state index in [-0.39, 0.29) is 41.6 Å². The van der Waals surface area contributed by atoms with E-state index in [1.54, 1.807) is 17.0 Å². The van der Waals surface area contributed by atoms with Gasteiger partial charge in [-0.15, -0.1) is 0 Å². The van der Waals surface area contributed by atoms with E-state index < -0.39 is 15.9 Å². The number of amides is 2. The lowest BCUT2D eigenvalue weighted by Gasteiger charge is -2.16. The van der Waals surface area contributed by atoms with E-state index >= 15 is 0 Å². The van der Waals surface area contributed by atoms with Crippen molar-refractivity contribution >= 4 is 27.5 Å². The Morgan fingerprint density at radius 3 is 2.53 bits per heavy atom. The molecule has 2 saturated heterocycles. The SMILES string of the molecule is O=C(Nc1ccc(S(=O)(=O)NC[C@H]2CCCO2)cc1)[C@@H]1CC(=O)N(CCc2ccc(F)cc2)C1. The first-order chi connectivity index (χ1) is 16.3. The van der Waals surface area contributed by atoms with Gasteiger partial charge in [-0.25, -0.2) is 17.5 Å². The number of rotatable bonds is 9. The van der Waals surface area contributed by atoms with E-state index in [0.29, 0.717) is 31.8 Å². The summed E-state index contributed by atoms with van der Waals surface area (Å²) in [5.41, 5.74) is 1.38. The number of sulfonamides is 1. The second-order valence-electron chi connectivity index (χ2n) is 8.62. The maximum absolute atomic E-state index is 13.0. The lowest BCUT2D eigenvalue weighted by atomic mass is 10.1. The monoisotopic (exact) mass is 489 g/mol. The zero-order valence-corrected chi connectivity index (χ0v) is 19.5. The van der Waals surface area contributed by atoms with Crippen LogP contribution < -0.4 is 10.0 Å². The van der Waals surface area contributed by atoms with Crippen molar-refractivity contribution < 1.29 is 27.1 Å². The van der Waals surface area contributed by atoms with Crippen LogP contribution in [0.2, 0.25) is 0 Å². The smallest absolute Gasteiger partial charge is 0.240 e. The molecule has 34 heavy (non-hydrogen) atoms. The van der Waals surface area contributed by atoms with Gasteiger partial charge >= 0.3 is 0 Å². The predicted octanol–water partition coefficient (Wildman–Crippen LogP) is 2.31. The summed E-state index contributed by atoms with van der Waals surface area (Å²) in [6.07, 6.45) is 2.37. The number of nitrogens with zero attached hydrogens (tertiary/aromatic N) is 1. The number of carbonyl (C=O) groups excluding carboxylic acids is 2. The topological polar surface area (TPSA) is 105 Å². The normalized spacial score (nSPS) is 20.6. The van der Waals surface area contributed by atoms with Gasteiger partial charge in [0.05, 0.1) is 16.9 Å². The molecular formula is C24H28FN3O5S. The Kier molecular flexibility index (Phi) is 7.60. The van der Waals surface area contributed by atoms with E-state index in [4.69, 9.17) is 4.74 Å². The second kappa shape index (κ2) is 10.6. The minimum absolute atomic E-state index is 0.0963. The van der Waals surface area contributed by atoms with Gasteiger partial charge in [0.25, 0.3) is 0 Å². The zero-order valence-electron chi connectivity index (χ0n) is 18.7. The van der Waals surface area contributed by atoms with Crippen molar-refractivity contribution in [2.75, 3.05) is 31.6 Å². The van der Waals surface area contributed by atoms with Gasteiger partial charge in [-0.2, -0.15) is 0 Å². The molecule has 2 N–H and O–H groups in total. The maximum Gasteiger partial charge on any atom is 0.240 e. The van der Waals surface area contributed by atoms with E-state index in [0.717, 1.165) is 18.4 Å². The molecule has 2 aliphatic heterocycles. The van der Waals surface area contributed by atoms with Crippen LogP contribution in [0.3, 0.4) is 0 Å². The molecule has 0 bridgehead atoms. The lowest BCUT2D eigenvalue weighted by molar-refractivity contribution is -0.128. The van der Waals surface area contributed by atoms with Crippen LogP contribution in [0.5, 0.6) is 0 Å². The van der Waals surface area contributed by atoms with Crippen LogP contribution in [-0.4, -0.2) is 57.5 Å². The zero-order chi connectivity index (χ0) is 24.1. The number of hydrogen-bond donors (Lipinski definition) is 2. The van der Waals surface area contributed by atoms with Gasteiger partial charge in [0.15, 0.2) is 0 Å². The van der Waals surface area contributed by atoms with Crippen molar-refractivity contribution in [2.45, 2.75) is 36.7 Å². The Morgan fingerprint density at radius 2 is 1.85 bits per heavy atom. The number of likely N-dealkylation sites (tertiary alicyclic amines) is 1. The molecule has 2 atom stereocenters. The highest BCUT2D eigenvalue weighted by molar-refractivity contribution is 7.89. The summed E-state index contributed by atoms with van der Waals surface area (Å²) in [6, 6.07) is 12.1. The predicted molar refractivity (Wildman–Crippen MR) is 124 cm³/mol. The molecule has 0 aliphatic carbocycles. The second-order valence-corrected chi connectivity index (χ2v) is 10.4. The van der Waals surface area contributed by atoms with Crippen molar-refractivity contribution in [2.24, 2.45) is 5.92 Å². The molecule has 4 rings (SSSR count). The molecule has 0 radical (unpaired) electrons. The standard InChI is InChI=1S/C24H28FN3O5S/c25-19-5-3-17(4-6-19)11-12-28-16-18(14-23(28)29)24(30)27-20-7-9-22(10-8-20)34(31,32)26-15-21-2-1-13-33-21/h3-10,18,21,26H,1-2,11-16H2,(H,27,30)/t18-,21-/m1/s1. The molecule has 10 heteroatoms. The molecule has 8 nitrogen and oxygen atoms in total. The third kappa shape index (κ3) is 6.19. The maximum atomic E-state index is 13.0. The van der Waals surface area contributed by atoms with Gasteiger partial charge < -0.3 is 15.0 Å². The third-order valence-electron chi connectivity index (χ3n) is 6.13. The Labute approximate surface area is 198 Å². The van der Waals surface area contributed by atoms with Crippen molar-refractivity contribution in [1.82, 2.24) is 9.62 Å². The number of nitrogens with one attached hydrogen (secondary N) is 2. The van der Waals surface area contributed by atoms with E-state index in [9.17, 15) is 22.4 Å². The Morgan fingerprint density at radius 1 is 1.12 bits per heavy atom. The largest absolute Gasteiger partial charge is 0.377 e. The highest BCUT2D eigenvalue weighted by Crippen LogP contribution is 2.22. The quantitative estimate of drug-likeness (QED) is 0.563. The molecular weight excluding hydrogens is 461 g/mol. The average molecular weight is 490 g/mol. The number of carbonyl (C=O) groups is 2. The summed E-state index contributed by atoms with van der Waals surface area (Å²) in [4.78, 5) is 26.8. The van der Waals surface area contributed by atoms with Crippen LogP contribution in [0.1, 0.15) is 24.8 Å². The van der Waals surface area contributed by atoms with Crippen LogP contribution in [0.25, 0.3) is 0 Å². The summed E-state index contributed by atoms with van der Waals surface area (Å²) in [6.45, 7) is 1.65. The molecule has 2 fully saturated rings. The van der Waals surface area contributed by atoms with Gasteiger partial charge in [0, 0.05) is 38.3 Å². The van der Waals surface area contributed by atoms with Crippen molar-refractivity contribution in [3.63, 3.8) is 0 Å². The van der Waals surface area contributed by atoms with E-state index in [2.05, 4.69) is 10.0 Å². The summed E-state index contributed by atoms with van der Waals surface area (Å²) >= 11 is 0. The Hall–Kier alpha value is -2.82. The van der Waals surface area contributed by atoms with Gasteiger partial charge in [0.1, 0.15) is 5.82 Å². The van der Waals surface area contributed by atoms with Crippen molar-refractivity contribution in [3.05, 3.63) is 59.9 Å². The Balaban J connectivity index is 1.27. The van der Waals surface area contributed by atoms with Crippen LogP contribution in [-0.2, 0) is 30.8 Å². The molecule has 2 amide bonds. The van der Waals surface area contributed by atoms with Gasteiger partial charge in [-0.3, -0.25) is 9.59 Å². The van der Waals surface area contributed by atoms with Crippen LogP contribution in [0.4, 0.5) is 10.1 Å². The fraction of sp³-hybridized carbons (Fsp3) is 0.417. The lowest BCUT2D eigenvalue weighted by Crippen LogP contribution is -2.31. The van der Waals surface area contributed by atoms with E-state index in [1.165, 1.54) is 36.4 Å². The molecule has 2 heterocycles. The number of benzene rings is 2. The van der Waals surface area contributed by atoms with Crippen LogP contribution in [0.15, 0.2) is 53.4 Å². The van der Waals surface area contributed by atoms with Gasteiger partial charge in [0.2, 0.25) is 21.8 Å². The Bertz CT molecular complexity index is 1120. The molecule has 0 spiro atoms. The van der Waals surface area contributed by atoms with Gasteiger partial charge in [-0.1, -0.05) is 12.1 Å². The molecule has 2 aliphatic rings. The molecule has 2 aromatic carbocycles. The summed E-state index contributed by atoms with van der Waals surface area (Å²) in [5.74, 6) is -1.18. The third-order valence-corrected chi connectivity index (χ3v) is 7.57. The molecule has 182 valence electrons. The highest BCUT2D eigenvalue weighted by Gasteiger charge is 2.34. The first-order valence-corrected chi connectivity index (χ1v) is 12.8. The summed E-state index contributed by atoms with van der Waals surface area (Å²) < 4.78 is 46.0. The average Bonchev–Trinajstić information content (AvgIpc) is 3.48. The fourth-order valence-electron chi connectivity index (χ4n) is 4.13. The first kappa shape index (κ1) is 24.3. The van der Waals surface area contributed by atoms with Crippen molar-refractivity contribution in [3.8, 4) is 0 Å². The molecule has 0 saturated carbocycles. The summed E-state index contributed by atoms with van der Waals surface area (Å²) in [5, 5.41) is 2.77. The van der Waals surface area contributed by atoms with Crippen LogP contribution >= 0.6 is 0 Å². The molecule has 0 unspecified atom stereocenters. The molecule has 0 aromatic heterocycles. The van der Waals surface area contributed by atoms with Crippen LogP contribution in [0, 0.1) is 11.7 Å². The summed E-state index contributed by atoms with van der Waals surface area (Å²) in [7, 11) is -3.67. The number of hydrogen-bond acceptors (Lipinski definition) is 5. The highest BCUT2D eigenvalue weighted by atomic mass is 32.2. The minimum atomic E-state index is -3.67. The number of ether oxygens (including phenoxy) is 1. The van der Waals surface area contributed by atoms with Crippen molar-refractivity contribution in [1.29, 1.82) is 0 Å². The minimum Gasteiger partial charge on any atom is -0.377 e. The fourth-order valence-corrected chi connectivity index (χ4v) is 5.20. The van der Waals surface area contributed by atoms with E-state index in [1.807, 2.05) is 0 Å². The first-order valence-electron chi connectivity index (χ1n) is 11.3. The molecule has 2 aromatic rings. The number of anilines is 1. The van der Waals surface area contributed by atoms with Gasteiger partial charge in [-0.05, 0) is 61.2 Å². The number of halogens is 1.